The van der Waals surface area contributed by atoms with Gasteiger partial charge >= 0.3 is 0 Å². The van der Waals surface area contributed by atoms with Crippen LogP contribution in [0.25, 0.3) is 6.08 Å². The van der Waals surface area contributed by atoms with E-state index in [0.29, 0.717) is 12.0 Å². The van der Waals surface area contributed by atoms with Crippen molar-refractivity contribution >= 4 is 6.08 Å². The lowest BCUT2D eigenvalue weighted by Gasteiger charge is -2.22. The molecule has 4 nitrogen and oxygen atoms in total. The normalized spacial score (nSPS) is 13.8. The molecule has 3 N–H and O–H groups in total. The first-order chi connectivity index (χ1) is 12.1. The predicted molar refractivity (Wildman–Crippen MR) is 105 cm³/mol. The standard InChI is InChI=1S/C22H28O4/c1-14-12-21(26-5)16(3)15(2)19(14)9-11-22(4,25)10-8-17-13-18(23)6-7-20(17)24/h6-8,10,12-13,23-25H,9,11H2,1-5H3/b10-8-. The van der Waals surface area contributed by atoms with Gasteiger partial charge in [0.1, 0.15) is 17.2 Å². The molecular weight excluding hydrogens is 328 g/mol. The number of phenolic OH excluding ortho intramolecular Hbond substituents is 2. The van der Waals surface area contributed by atoms with Gasteiger partial charge in [-0.3, -0.25) is 0 Å². The number of methoxy groups -OCH3 is 1. The van der Waals surface area contributed by atoms with Crippen LogP contribution in [0, 0.1) is 20.8 Å². The summed E-state index contributed by atoms with van der Waals surface area (Å²) in [5.41, 5.74) is 4.11. The third kappa shape index (κ3) is 4.58. The van der Waals surface area contributed by atoms with Crippen molar-refractivity contribution in [3.8, 4) is 17.2 Å². The van der Waals surface area contributed by atoms with Crippen molar-refractivity contribution in [2.45, 2.75) is 46.1 Å². The molecule has 1 atom stereocenters. The fraction of sp³-hybridized carbons (Fsp3) is 0.364. The fourth-order valence-electron chi connectivity index (χ4n) is 3.10. The van der Waals surface area contributed by atoms with Crippen molar-refractivity contribution in [2.24, 2.45) is 0 Å². The summed E-state index contributed by atoms with van der Waals surface area (Å²) >= 11 is 0. The number of hydrogen-bond acceptors (Lipinski definition) is 4. The molecule has 0 aliphatic carbocycles. The lowest BCUT2D eigenvalue weighted by atomic mass is 9.89. The number of rotatable bonds is 6. The van der Waals surface area contributed by atoms with E-state index >= 15 is 0 Å². The van der Waals surface area contributed by atoms with Crippen molar-refractivity contribution in [1.82, 2.24) is 0 Å². The average Bonchev–Trinajstić information content (AvgIpc) is 2.58. The monoisotopic (exact) mass is 356 g/mol. The van der Waals surface area contributed by atoms with Gasteiger partial charge in [-0.15, -0.1) is 0 Å². The van der Waals surface area contributed by atoms with E-state index in [1.807, 2.05) is 13.0 Å². The molecule has 2 aromatic carbocycles. The second-order valence-corrected chi connectivity index (χ2v) is 7.06. The Morgan fingerprint density at radius 1 is 1.08 bits per heavy atom. The third-order valence-corrected chi connectivity index (χ3v) is 4.94. The molecule has 4 heteroatoms. The molecule has 0 bridgehead atoms. The minimum atomic E-state index is -1.04. The number of hydrogen-bond donors (Lipinski definition) is 3. The molecule has 0 saturated heterocycles. The van der Waals surface area contributed by atoms with E-state index in [-0.39, 0.29) is 11.5 Å². The molecule has 2 aromatic rings. The Bertz CT molecular complexity index is 819. The molecule has 0 fully saturated rings. The zero-order valence-electron chi connectivity index (χ0n) is 16.1. The van der Waals surface area contributed by atoms with Crippen molar-refractivity contribution < 1.29 is 20.1 Å². The Morgan fingerprint density at radius 2 is 1.77 bits per heavy atom. The molecule has 0 spiro atoms. The Balaban J connectivity index is 2.17. The summed E-state index contributed by atoms with van der Waals surface area (Å²) in [5, 5.41) is 30.1. The van der Waals surface area contributed by atoms with Gasteiger partial charge in [-0.2, -0.15) is 0 Å². The number of phenols is 2. The first-order valence-electron chi connectivity index (χ1n) is 8.72. The van der Waals surface area contributed by atoms with Crippen LogP contribution < -0.4 is 4.74 Å². The zero-order valence-corrected chi connectivity index (χ0v) is 16.1. The number of aliphatic hydroxyl groups is 1. The van der Waals surface area contributed by atoms with Gasteiger partial charge in [0.15, 0.2) is 0 Å². The molecule has 2 rings (SSSR count). The van der Waals surface area contributed by atoms with E-state index in [0.717, 1.165) is 23.3 Å². The van der Waals surface area contributed by atoms with Gasteiger partial charge in [0.2, 0.25) is 0 Å². The van der Waals surface area contributed by atoms with E-state index < -0.39 is 5.60 Å². The van der Waals surface area contributed by atoms with E-state index in [2.05, 4.69) is 13.8 Å². The van der Waals surface area contributed by atoms with E-state index in [1.165, 1.54) is 29.3 Å². The van der Waals surface area contributed by atoms with Crippen LogP contribution >= 0.6 is 0 Å². The van der Waals surface area contributed by atoms with E-state index in [4.69, 9.17) is 4.74 Å². The second-order valence-electron chi connectivity index (χ2n) is 7.06. The molecule has 26 heavy (non-hydrogen) atoms. The smallest absolute Gasteiger partial charge is 0.123 e. The highest BCUT2D eigenvalue weighted by molar-refractivity contribution is 5.59. The minimum Gasteiger partial charge on any atom is -0.508 e. The molecule has 1 unspecified atom stereocenters. The number of benzene rings is 2. The van der Waals surface area contributed by atoms with Crippen LogP contribution in [-0.2, 0) is 6.42 Å². The summed E-state index contributed by atoms with van der Waals surface area (Å²) in [6.45, 7) is 7.92. The minimum absolute atomic E-state index is 0.0623. The van der Waals surface area contributed by atoms with Crippen LogP contribution in [0.2, 0.25) is 0 Å². The Labute approximate surface area is 155 Å². The summed E-state index contributed by atoms with van der Waals surface area (Å²) in [6.07, 6.45) is 4.55. The summed E-state index contributed by atoms with van der Waals surface area (Å²) in [7, 11) is 1.67. The lowest BCUT2D eigenvalue weighted by molar-refractivity contribution is 0.103. The van der Waals surface area contributed by atoms with Gasteiger partial charge in [-0.1, -0.05) is 12.2 Å². The highest BCUT2D eigenvalue weighted by Crippen LogP contribution is 2.30. The molecule has 0 aliphatic heterocycles. The van der Waals surface area contributed by atoms with E-state index in [9.17, 15) is 15.3 Å². The number of ether oxygens (including phenoxy) is 1. The van der Waals surface area contributed by atoms with Crippen LogP contribution in [-0.4, -0.2) is 28.0 Å². The highest BCUT2D eigenvalue weighted by Gasteiger charge is 2.19. The molecule has 0 radical (unpaired) electrons. The maximum atomic E-state index is 10.7. The van der Waals surface area contributed by atoms with Crippen LogP contribution in [0.15, 0.2) is 30.3 Å². The van der Waals surface area contributed by atoms with Gasteiger partial charge in [0, 0.05) is 5.56 Å². The SMILES string of the molecule is COc1cc(C)c(CCC(C)(O)/C=C\c2cc(O)ccc2O)c(C)c1C. The van der Waals surface area contributed by atoms with Gasteiger partial charge < -0.3 is 20.1 Å². The topological polar surface area (TPSA) is 69.9 Å². The van der Waals surface area contributed by atoms with Gasteiger partial charge in [0.25, 0.3) is 0 Å². The summed E-state index contributed by atoms with van der Waals surface area (Å²) in [6, 6.07) is 6.34. The number of aromatic hydroxyl groups is 2. The number of aryl methyl sites for hydroxylation is 1. The van der Waals surface area contributed by atoms with Crippen molar-refractivity contribution in [3.05, 3.63) is 58.2 Å². The van der Waals surface area contributed by atoms with Crippen LogP contribution in [0.3, 0.4) is 0 Å². The molecule has 0 saturated carbocycles. The lowest BCUT2D eigenvalue weighted by Crippen LogP contribution is -2.22. The summed E-state index contributed by atoms with van der Waals surface area (Å²) in [5.74, 6) is 1.02. The predicted octanol–water partition coefficient (Wildman–Crippen LogP) is 4.43. The van der Waals surface area contributed by atoms with Crippen molar-refractivity contribution in [3.63, 3.8) is 0 Å². The molecular formula is C22H28O4. The Hall–Kier alpha value is -2.46. The molecule has 0 amide bonds. The first-order valence-corrected chi connectivity index (χ1v) is 8.72. The largest absolute Gasteiger partial charge is 0.508 e. The summed E-state index contributed by atoms with van der Waals surface area (Å²) < 4.78 is 5.41. The molecule has 0 heterocycles. The van der Waals surface area contributed by atoms with Gasteiger partial charge in [0.05, 0.1) is 12.7 Å². The molecule has 0 aliphatic rings. The first kappa shape index (κ1) is 19.9. The Morgan fingerprint density at radius 3 is 2.42 bits per heavy atom. The van der Waals surface area contributed by atoms with Crippen LogP contribution in [0.4, 0.5) is 0 Å². The van der Waals surface area contributed by atoms with Crippen molar-refractivity contribution in [2.75, 3.05) is 7.11 Å². The highest BCUT2D eigenvalue weighted by atomic mass is 16.5. The van der Waals surface area contributed by atoms with Crippen LogP contribution in [0.5, 0.6) is 17.2 Å². The fourth-order valence-corrected chi connectivity index (χ4v) is 3.10. The van der Waals surface area contributed by atoms with Crippen molar-refractivity contribution in [1.29, 1.82) is 0 Å². The Kier molecular flexibility index (Phi) is 5.98. The van der Waals surface area contributed by atoms with E-state index in [1.54, 1.807) is 26.2 Å². The maximum Gasteiger partial charge on any atom is 0.123 e. The van der Waals surface area contributed by atoms with Gasteiger partial charge in [-0.25, -0.2) is 0 Å². The average molecular weight is 356 g/mol. The third-order valence-electron chi connectivity index (χ3n) is 4.94. The zero-order chi connectivity index (χ0) is 19.5. The summed E-state index contributed by atoms with van der Waals surface area (Å²) in [4.78, 5) is 0. The quantitative estimate of drug-likeness (QED) is 0.670. The van der Waals surface area contributed by atoms with Crippen LogP contribution in [0.1, 0.15) is 41.2 Å². The second kappa shape index (κ2) is 7.83. The maximum absolute atomic E-state index is 10.7. The van der Waals surface area contributed by atoms with Gasteiger partial charge in [-0.05, 0) is 87.1 Å². The molecule has 0 aromatic heterocycles. The molecule has 140 valence electrons.